The van der Waals surface area contributed by atoms with Crippen molar-refractivity contribution < 1.29 is 0 Å². The summed E-state index contributed by atoms with van der Waals surface area (Å²) in [6, 6.07) is 13.1. The third-order valence-corrected chi connectivity index (χ3v) is 5.36. The average Bonchev–Trinajstić information content (AvgIpc) is 2.71. The minimum Gasteiger partial charge on any atom is -0.312 e. The molecule has 0 aromatic heterocycles. The van der Waals surface area contributed by atoms with Gasteiger partial charge in [-0.1, -0.05) is 49.6 Å². The SMILES string of the molecule is CC1CCNC(Cc2ccccc2)CN1C1CCCCC1. The molecule has 1 aliphatic heterocycles. The van der Waals surface area contributed by atoms with Crippen molar-refractivity contribution in [1.29, 1.82) is 0 Å². The summed E-state index contributed by atoms with van der Waals surface area (Å²) in [6.07, 6.45) is 9.61. The predicted octanol–water partition coefficient (Wildman–Crippen LogP) is 3.61. The molecule has 1 aliphatic carbocycles. The Hall–Kier alpha value is -0.860. The Kier molecular flexibility index (Phi) is 5.32. The summed E-state index contributed by atoms with van der Waals surface area (Å²) >= 11 is 0. The van der Waals surface area contributed by atoms with Gasteiger partial charge < -0.3 is 5.32 Å². The fraction of sp³-hybridized carbons (Fsp3) is 0.684. The fourth-order valence-electron chi connectivity index (χ4n) is 4.12. The molecule has 2 fully saturated rings. The maximum absolute atomic E-state index is 3.79. The standard InChI is InChI=1S/C19H30N2/c1-16-12-13-20-18(14-17-8-4-2-5-9-17)15-21(16)19-10-6-3-7-11-19/h2,4-5,8-9,16,18-20H,3,6-7,10-15H2,1H3. The van der Waals surface area contributed by atoms with Gasteiger partial charge in [-0.2, -0.15) is 0 Å². The molecule has 1 saturated heterocycles. The summed E-state index contributed by atoms with van der Waals surface area (Å²) < 4.78 is 0. The van der Waals surface area contributed by atoms with Gasteiger partial charge in [-0.3, -0.25) is 4.90 Å². The zero-order valence-corrected chi connectivity index (χ0v) is 13.4. The lowest BCUT2D eigenvalue weighted by Crippen LogP contribution is -2.47. The molecule has 1 heterocycles. The molecule has 2 unspecified atom stereocenters. The third kappa shape index (κ3) is 4.08. The summed E-state index contributed by atoms with van der Waals surface area (Å²) in [4.78, 5) is 2.83. The van der Waals surface area contributed by atoms with Gasteiger partial charge in [-0.25, -0.2) is 0 Å². The topological polar surface area (TPSA) is 15.3 Å². The van der Waals surface area contributed by atoms with Crippen molar-refractivity contribution in [2.75, 3.05) is 13.1 Å². The monoisotopic (exact) mass is 286 g/mol. The van der Waals surface area contributed by atoms with Gasteiger partial charge in [0.05, 0.1) is 0 Å². The van der Waals surface area contributed by atoms with Crippen LogP contribution >= 0.6 is 0 Å². The second-order valence-corrected chi connectivity index (χ2v) is 6.97. The second-order valence-electron chi connectivity index (χ2n) is 6.97. The van der Waals surface area contributed by atoms with Crippen molar-refractivity contribution in [2.24, 2.45) is 0 Å². The minimum absolute atomic E-state index is 0.610. The fourth-order valence-corrected chi connectivity index (χ4v) is 4.12. The zero-order chi connectivity index (χ0) is 14.5. The van der Waals surface area contributed by atoms with Gasteiger partial charge in [0, 0.05) is 24.7 Å². The van der Waals surface area contributed by atoms with E-state index in [-0.39, 0.29) is 0 Å². The molecule has 1 N–H and O–H groups in total. The highest BCUT2D eigenvalue weighted by atomic mass is 15.2. The van der Waals surface area contributed by atoms with E-state index in [0.717, 1.165) is 18.5 Å². The lowest BCUT2D eigenvalue weighted by atomic mass is 9.92. The van der Waals surface area contributed by atoms with Crippen LogP contribution in [0.2, 0.25) is 0 Å². The van der Waals surface area contributed by atoms with Gasteiger partial charge in [-0.05, 0) is 44.7 Å². The highest BCUT2D eigenvalue weighted by Gasteiger charge is 2.29. The summed E-state index contributed by atoms with van der Waals surface area (Å²) in [7, 11) is 0. The maximum atomic E-state index is 3.79. The number of hydrogen-bond donors (Lipinski definition) is 1. The largest absolute Gasteiger partial charge is 0.312 e. The first-order valence-corrected chi connectivity index (χ1v) is 8.86. The van der Waals surface area contributed by atoms with Gasteiger partial charge in [0.25, 0.3) is 0 Å². The molecule has 0 radical (unpaired) electrons. The first-order chi connectivity index (χ1) is 10.3. The molecule has 0 amide bonds. The quantitative estimate of drug-likeness (QED) is 0.913. The molecule has 0 bridgehead atoms. The van der Waals surface area contributed by atoms with Gasteiger partial charge in [-0.15, -0.1) is 0 Å². The average molecular weight is 286 g/mol. The van der Waals surface area contributed by atoms with Crippen molar-refractivity contribution in [3.63, 3.8) is 0 Å². The number of nitrogens with one attached hydrogen (secondary N) is 1. The van der Waals surface area contributed by atoms with Gasteiger partial charge in [0.1, 0.15) is 0 Å². The van der Waals surface area contributed by atoms with Crippen molar-refractivity contribution in [3.05, 3.63) is 35.9 Å². The Morgan fingerprint density at radius 3 is 2.57 bits per heavy atom. The lowest BCUT2D eigenvalue weighted by molar-refractivity contribution is 0.110. The number of benzene rings is 1. The smallest absolute Gasteiger partial charge is 0.0235 e. The first kappa shape index (κ1) is 15.1. The van der Waals surface area contributed by atoms with Crippen molar-refractivity contribution in [3.8, 4) is 0 Å². The normalized spacial score (nSPS) is 29.2. The molecular formula is C19H30N2. The number of rotatable bonds is 3. The Morgan fingerprint density at radius 2 is 1.81 bits per heavy atom. The number of nitrogens with zero attached hydrogens (tertiary/aromatic N) is 1. The molecule has 116 valence electrons. The van der Waals surface area contributed by atoms with Crippen LogP contribution in [0.5, 0.6) is 0 Å². The molecule has 2 nitrogen and oxygen atoms in total. The molecule has 2 atom stereocenters. The summed E-state index contributed by atoms with van der Waals surface area (Å²) in [5.74, 6) is 0. The van der Waals surface area contributed by atoms with Crippen molar-refractivity contribution >= 4 is 0 Å². The van der Waals surface area contributed by atoms with Crippen LogP contribution in [0.3, 0.4) is 0 Å². The lowest BCUT2D eigenvalue weighted by Gasteiger charge is -2.38. The molecule has 3 rings (SSSR count). The van der Waals surface area contributed by atoms with E-state index in [1.54, 1.807) is 0 Å². The summed E-state index contributed by atoms with van der Waals surface area (Å²) in [6.45, 7) is 4.82. The Morgan fingerprint density at radius 1 is 1.05 bits per heavy atom. The Bertz CT molecular complexity index is 411. The zero-order valence-electron chi connectivity index (χ0n) is 13.4. The van der Waals surface area contributed by atoms with E-state index in [1.807, 2.05) is 0 Å². The first-order valence-electron chi connectivity index (χ1n) is 8.86. The van der Waals surface area contributed by atoms with E-state index in [2.05, 4.69) is 47.5 Å². The van der Waals surface area contributed by atoms with Crippen LogP contribution in [-0.2, 0) is 6.42 Å². The molecule has 0 spiro atoms. The Balaban J connectivity index is 1.65. The van der Waals surface area contributed by atoms with Crippen LogP contribution < -0.4 is 5.32 Å². The molecule has 2 heteroatoms. The van der Waals surface area contributed by atoms with Crippen LogP contribution in [0.1, 0.15) is 51.0 Å². The van der Waals surface area contributed by atoms with Crippen LogP contribution in [0.4, 0.5) is 0 Å². The number of hydrogen-bond acceptors (Lipinski definition) is 2. The van der Waals surface area contributed by atoms with Crippen LogP contribution in [-0.4, -0.2) is 36.1 Å². The molecule has 2 aliphatic rings. The van der Waals surface area contributed by atoms with Gasteiger partial charge in [0.2, 0.25) is 0 Å². The maximum Gasteiger partial charge on any atom is 0.0235 e. The van der Waals surface area contributed by atoms with Crippen LogP contribution in [0, 0.1) is 0 Å². The van der Waals surface area contributed by atoms with Crippen molar-refractivity contribution in [1.82, 2.24) is 10.2 Å². The van der Waals surface area contributed by atoms with Crippen LogP contribution in [0.15, 0.2) is 30.3 Å². The van der Waals surface area contributed by atoms with Gasteiger partial charge in [0.15, 0.2) is 0 Å². The van der Waals surface area contributed by atoms with Gasteiger partial charge >= 0.3 is 0 Å². The molecule has 1 aromatic carbocycles. The van der Waals surface area contributed by atoms with E-state index in [0.29, 0.717) is 6.04 Å². The van der Waals surface area contributed by atoms with E-state index >= 15 is 0 Å². The van der Waals surface area contributed by atoms with E-state index in [9.17, 15) is 0 Å². The third-order valence-electron chi connectivity index (χ3n) is 5.36. The molecule has 1 saturated carbocycles. The Labute approximate surface area is 129 Å². The molecule has 1 aromatic rings. The highest BCUT2D eigenvalue weighted by molar-refractivity contribution is 5.16. The highest BCUT2D eigenvalue weighted by Crippen LogP contribution is 2.26. The summed E-state index contributed by atoms with van der Waals surface area (Å²) in [5.41, 5.74) is 1.47. The van der Waals surface area contributed by atoms with Crippen LogP contribution in [0.25, 0.3) is 0 Å². The van der Waals surface area contributed by atoms with Crippen molar-refractivity contribution in [2.45, 2.75) is 70.0 Å². The minimum atomic E-state index is 0.610. The molecular weight excluding hydrogens is 256 g/mol. The molecule has 21 heavy (non-hydrogen) atoms. The van der Waals surface area contributed by atoms with E-state index in [1.165, 1.54) is 57.2 Å². The summed E-state index contributed by atoms with van der Waals surface area (Å²) in [5, 5.41) is 3.79. The predicted molar refractivity (Wildman–Crippen MR) is 89.6 cm³/mol. The second kappa shape index (κ2) is 7.42. The van der Waals surface area contributed by atoms with E-state index < -0.39 is 0 Å². The van der Waals surface area contributed by atoms with E-state index in [4.69, 9.17) is 0 Å².